The molecule has 1 aromatic carbocycles. The quantitative estimate of drug-likeness (QED) is 0.859. The minimum absolute atomic E-state index is 0.0609. The van der Waals surface area contributed by atoms with Crippen LogP contribution in [0.3, 0.4) is 0 Å². The maximum Gasteiger partial charge on any atom is 0.310 e. The fourth-order valence-corrected chi connectivity index (χ4v) is 1.90. The van der Waals surface area contributed by atoms with Crippen molar-refractivity contribution in [2.24, 2.45) is 5.92 Å². The summed E-state index contributed by atoms with van der Waals surface area (Å²) in [5, 5.41) is 3.83. The first-order valence-electron chi connectivity index (χ1n) is 5.25. The normalized spacial score (nSPS) is 13.9. The van der Waals surface area contributed by atoms with Gasteiger partial charge in [-0.15, -0.1) is 0 Å². The first kappa shape index (κ1) is 14.3. The monoisotopic (exact) mass is 319 g/mol. The number of anilines is 1. The van der Waals surface area contributed by atoms with E-state index in [9.17, 15) is 4.79 Å². The Balaban J connectivity index is 2.77. The van der Waals surface area contributed by atoms with Crippen molar-refractivity contribution < 1.29 is 9.53 Å². The highest BCUT2D eigenvalue weighted by atomic mass is 79.9. The Morgan fingerprint density at radius 3 is 2.71 bits per heavy atom. The lowest BCUT2D eigenvalue weighted by molar-refractivity contribution is -0.145. The fraction of sp³-hybridized carbons (Fsp3) is 0.417. The Hall–Kier alpha value is -0.740. The number of esters is 1. The fourth-order valence-electron chi connectivity index (χ4n) is 1.37. The molecule has 0 heterocycles. The standard InChI is InChI=1S/C12H15BrClNO2/c1-7(12(16)17-3)8(2)15-11-6-9(13)4-5-10(11)14/h4-8,15H,1-3H3. The number of rotatable bonds is 4. The second kappa shape index (κ2) is 6.26. The van der Waals surface area contributed by atoms with Crippen molar-refractivity contribution in [1.29, 1.82) is 0 Å². The Morgan fingerprint density at radius 2 is 2.12 bits per heavy atom. The molecule has 94 valence electrons. The molecule has 17 heavy (non-hydrogen) atoms. The highest BCUT2D eigenvalue weighted by Gasteiger charge is 2.21. The van der Waals surface area contributed by atoms with Crippen molar-refractivity contribution in [3.63, 3.8) is 0 Å². The average Bonchev–Trinajstić information content (AvgIpc) is 2.31. The van der Waals surface area contributed by atoms with E-state index in [4.69, 9.17) is 16.3 Å². The summed E-state index contributed by atoms with van der Waals surface area (Å²) >= 11 is 9.43. The van der Waals surface area contributed by atoms with Gasteiger partial charge in [0.25, 0.3) is 0 Å². The van der Waals surface area contributed by atoms with Crippen molar-refractivity contribution >= 4 is 39.2 Å². The molecular weight excluding hydrogens is 305 g/mol. The molecule has 0 aliphatic rings. The lowest BCUT2D eigenvalue weighted by Crippen LogP contribution is -2.30. The van der Waals surface area contributed by atoms with Crippen molar-refractivity contribution in [2.75, 3.05) is 12.4 Å². The molecule has 0 amide bonds. The summed E-state index contributed by atoms with van der Waals surface area (Å²) < 4.78 is 5.64. The molecule has 0 saturated carbocycles. The van der Waals surface area contributed by atoms with E-state index in [-0.39, 0.29) is 17.9 Å². The summed E-state index contributed by atoms with van der Waals surface area (Å²) in [6.07, 6.45) is 0. The Labute approximate surface area is 115 Å². The van der Waals surface area contributed by atoms with Crippen LogP contribution >= 0.6 is 27.5 Å². The topological polar surface area (TPSA) is 38.3 Å². The smallest absolute Gasteiger partial charge is 0.310 e. The molecule has 0 fully saturated rings. The van der Waals surface area contributed by atoms with Crippen LogP contribution in [0.5, 0.6) is 0 Å². The minimum atomic E-state index is -0.241. The van der Waals surface area contributed by atoms with Gasteiger partial charge in [0.15, 0.2) is 0 Å². The van der Waals surface area contributed by atoms with Crippen LogP contribution in [-0.2, 0) is 9.53 Å². The van der Waals surface area contributed by atoms with Crippen molar-refractivity contribution in [2.45, 2.75) is 19.9 Å². The molecule has 1 aromatic rings. The lowest BCUT2D eigenvalue weighted by atomic mass is 10.0. The molecule has 0 aromatic heterocycles. The van der Waals surface area contributed by atoms with E-state index in [1.54, 1.807) is 6.07 Å². The number of carbonyl (C=O) groups is 1. The van der Waals surface area contributed by atoms with Crippen LogP contribution in [0.2, 0.25) is 5.02 Å². The Morgan fingerprint density at radius 1 is 1.47 bits per heavy atom. The van der Waals surface area contributed by atoms with Gasteiger partial charge in [-0.2, -0.15) is 0 Å². The van der Waals surface area contributed by atoms with Gasteiger partial charge in [0.2, 0.25) is 0 Å². The van der Waals surface area contributed by atoms with E-state index in [0.717, 1.165) is 10.2 Å². The number of methoxy groups -OCH3 is 1. The van der Waals surface area contributed by atoms with Crippen molar-refractivity contribution in [1.82, 2.24) is 0 Å². The molecule has 0 aliphatic heterocycles. The van der Waals surface area contributed by atoms with Crippen LogP contribution in [-0.4, -0.2) is 19.1 Å². The summed E-state index contributed by atoms with van der Waals surface area (Å²) in [7, 11) is 1.39. The predicted octanol–water partition coefficient (Wildman–Crippen LogP) is 3.71. The maximum atomic E-state index is 11.4. The Bertz CT molecular complexity index is 411. The first-order chi connectivity index (χ1) is 7.95. The summed E-state index contributed by atoms with van der Waals surface area (Å²) in [5.41, 5.74) is 0.796. The van der Waals surface area contributed by atoms with Gasteiger partial charge in [0.05, 0.1) is 23.7 Å². The van der Waals surface area contributed by atoms with Crippen LogP contribution in [0.1, 0.15) is 13.8 Å². The highest BCUT2D eigenvalue weighted by molar-refractivity contribution is 9.10. The number of halogens is 2. The molecular formula is C12H15BrClNO2. The third-order valence-electron chi connectivity index (χ3n) is 2.63. The van der Waals surface area contributed by atoms with Gasteiger partial charge in [-0.1, -0.05) is 27.5 Å². The molecule has 0 aliphatic carbocycles. The average molecular weight is 321 g/mol. The van der Waals surface area contributed by atoms with E-state index in [2.05, 4.69) is 21.2 Å². The van der Waals surface area contributed by atoms with E-state index in [0.29, 0.717) is 5.02 Å². The predicted molar refractivity (Wildman–Crippen MR) is 73.4 cm³/mol. The molecule has 0 spiro atoms. The largest absolute Gasteiger partial charge is 0.469 e. The molecule has 0 radical (unpaired) electrons. The van der Waals surface area contributed by atoms with Gasteiger partial charge in [0, 0.05) is 10.5 Å². The molecule has 1 rings (SSSR count). The third-order valence-corrected chi connectivity index (χ3v) is 3.46. The van der Waals surface area contributed by atoms with Crippen LogP contribution < -0.4 is 5.32 Å². The van der Waals surface area contributed by atoms with Gasteiger partial charge in [0.1, 0.15) is 0 Å². The van der Waals surface area contributed by atoms with Crippen molar-refractivity contribution in [3.8, 4) is 0 Å². The highest BCUT2D eigenvalue weighted by Crippen LogP contribution is 2.27. The molecule has 3 nitrogen and oxygen atoms in total. The number of hydrogen-bond donors (Lipinski definition) is 1. The van der Waals surface area contributed by atoms with E-state index in [1.807, 2.05) is 26.0 Å². The third kappa shape index (κ3) is 3.89. The summed E-state index contributed by atoms with van der Waals surface area (Å²) in [4.78, 5) is 11.4. The van der Waals surface area contributed by atoms with Crippen LogP contribution in [0.4, 0.5) is 5.69 Å². The minimum Gasteiger partial charge on any atom is -0.469 e. The van der Waals surface area contributed by atoms with Gasteiger partial charge < -0.3 is 10.1 Å². The number of carbonyl (C=O) groups excluding carboxylic acids is 1. The molecule has 2 atom stereocenters. The van der Waals surface area contributed by atoms with E-state index in [1.165, 1.54) is 7.11 Å². The molecule has 2 unspecified atom stereocenters. The van der Waals surface area contributed by atoms with Crippen LogP contribution in [0, 0.1) is 5.92 Å². The maximum absolute atomic E-state index is 11.4. The van der Waals surface area contributed by atoms with Crippen molar-refractivity contribution in [3.05, 3.63) is 27.7 Å². The number of hydrogen-bond acceptors (Lipinski definition) is 3. The second-order valence-electron chi connectivity index (χ2n) is 3.87. The summed E-state index contributed by atoms with van der Waals surface area (Å²) in [6, 6.07) is 5.48. The van der Waals surface area contributed by atoms with Crippen LogP contribution in [0.25, 0.3) is 0 Å². The zero-order valence-electron chi connectivity index (χ0n) is 9.96. The zero-order chi connectivity index (χ0) is 13.0. The Kier molecular flexibility index (Phi) is 5.28. The SMILES string of the molecule is COC(=O)C(C)C(C)Nc1cc(Br)ccc1Cl. The zero-order valence-corrected chi connectivity index (χ0v) is 12.3. The number of ether oxygens (including phenoxy) is 1. The lowest BCUT2D eigenvalue weighted by Gasteiger charge is -2.21. The number of nitrogens with one attached hydrogen (secondary N) is 1. The van der Waals surface area contributed by atoms with Gasteiger partial charge in [-0.3, -0.25) is 4.79 Å². The van der Waals surface area contributed by atoms with Crippen LogP contribution in [0.15, 0.2) is 22.7 Å². The first-order valence-corrected chi connectivity index (χ1v) is 6.42. The van der Waals surface area contributed by atoms with E-state index < -0.39 is 0 Å². The summed E-state index contributed by atoms with van der Waals surface area (Å²) in [6.45, 7) is 3.73. The van der Waals surface area contributed by atoms with Gasteiger partial charge >= 0.3 is 5.97 Å². The molecule has 0 bridgehead atoms. The van der Waals surface area contributed by atoms with Gasteiger partial charge in [-0.25, -0.2) is 0 Å². The summed E-state index contributed by atoms with van der Waals surface area (Å²) in [5.74, 6) is -0.480. The van der Waals surface area contributed by atoms with E-state index >= 15 is 0 Å². The molecule has 0 saturated heterocycles. The molecule has 5 heteroatoms. The van der Waals surface area contributed by atoms with Gasteiger partial charge in [-0.05, 0) is 32.0 Å². The molecule has 1 N–H and O–H groups in total. The second-order valence-corrected chi connectivity index (χ2v) is 5.19. The number of benzene rings is 1.